The van der Waals surface area contributed by atoms with Crippen molar-refractivity contribution < 1.29 is 4.39 Å². The molecule has 0 amide bonds. The number of benzene rings is 1. The summed E-state index contributed by atoms with van der Waals surface area (Å²) in [7, 11) is 0. The van der Waals surface area contributed by atoms with Crippen molar-refractivity contribution in [3.63, 3.8) is 0 Å². The summed E-state index contributed by atoms with van der Waals surface area (Å²) in [6.07, 6.45) is 5.04. The van der Waals surface area contributed by atoms with Crippen molar-refractivity contribution in [3.05, 3.63) is 35.6 Å². The Morgan fingerprint density at radius 2 is 1.85 bits per heavy atom. The molecular weight excluding hydrogens is 163 g/mol. The smallest absolute Gasteiger partial charge is 0.123 e. The monoisotopic (exact) mass is 178 g/mol. The minimum atomic E-state index is -0.129. The Kier molecular flexibility index (Phi) is 2.10. The summed E-state index contributed by atoms with van der Waals surface area (Å²) in [6.45, 7) is 2.21. The number of hydrogen-bond acceptors (Lipinski definition) is 0. The SMILES string of the molecule is CCCC1(c2ccc(F)cc2)CC1. The topological polar surface area (TPSA) is 0 Å². The summed E-state index contributed by atoms with van der Waals surface area (Å²) in [5.41, 5.74) is 1.75. The fourth-order valence-corrected chi connectivity index (χ4v) is 2.12. The van der Waals surface area contributed by atoms with E-state index >= 15 is 0 Å². The molecule has 0 bridgehead atoms. The molecule has 0 nitrogen and oxygen atoms in total. The molecule has 2 rings (SSSR count). The summed E-state index contributed by atoms with van der Waals surface area (Å²) in [4.78, 5) is 0. The van der Waals surface area contributed by atoms with E-state index in [9.17, 15) is 4.39 Å². The standard InChI is InChI=1S/C12H15F/c1-2-7-12(8-9-12)10-3-5-11(13)6-4-10/h3-6H,2,7-9H2,1H3. The Morgan fingerprint density at radius 3 is 2.31 bits per heavy atom. The van der Waals surface area contributed by atoms with Crippen LogP contribution in [0.4, 0.5) is 4.39 Å². The molecule has 1 heteroatoms. The van der Waals surface area contributed by atoms with Gasteiger partial charge in [0.2, 0.25) is 0 Å². The number of hydrogen-bond donors (Lipinski definition) is 0. The van der Waals surface area contributed by atoms with Gasteiger partial charge in [0.05, 0.1) is 0 Å². The minimum absolute atomic E-state index is 0.129. The fraction of sp³-hybridized carbons (Fsp3) is 0.500. The highest BCUT2D eigenvalue weighted by atomic mass is 19.1. The number of halogens is 1. The molecule has 1 fully saturated rings. The Labute approximate surface area is 78.8 Å². The van der Waals surface area contributed by atoms with Crippen molar-refractivity contribution in [3.8, 4) is 0 Å². The van der Waals surface area contributed by atoms with Crippen molar-refractivity contribution in [1.29, 1.82) is 0 Å². The molecule has 0 saturated heterocycles. The second-order valence-corrected chi connectivity index (χ2v) is 4.04. The largest absolute Gasteiger partial charge is 0.207 e. The second-order valence-electron chi connectivity index (χ2n) is 4.04. The summed E-state index contributed by atoms with van der Waals surface area (Å²) >= 11 is 0. The van der Waals surface area contributed by atoms with Gasteiger partial charge in [-0.25, -0.2) is 4.39 Å². The molecule has 1 aliphatic rings. The van der Waals surface area contributed by atoms with Crippen LogP contribution < -0.4 is 0 Å². The average molecular weight is 178 g/mol. The van der Waals surface area contributed by atoms with Crippen molar-refractivity contribution in [1.82, 2.24) is 0 Å². The maximum absolute atomic E-state index is 12.7. The molecule has 0 aromatic heterocycles. The molecular formula is C12H15F. The molecule has 0 N–H and O–H groups in total. The first kappa shape index (κ1) is 8.74. The van der Waals surface area contributed by atoms with Crippen LogP contribution in [0, 0.1) is 5.82 Å². The van der Waals surface area contributed by atoms with Crippen molar-refractivity contribution in [2.45, 2.75) is 38.0 Å². The quantitative estimate of drug-likeness (QED) is 0.662. The van der Waals surface area contributed by atoms with E-state index in [1.807, 2.05) is 12.1 Å². The molecule has 1 aromatic carbocycles. The third-order valence-corrected chi connectivity index (χ3v) is 3.04. The van der Waals surface area contributed by atoms with Gasteiger partial charge in [0.15, 0.2) is 0 Å². The van der Waals surface area contributed by atoms with Crippen LogP contribution in [0.25, 0.3) is 0 Å². The molecule has 1 aromatic rings. The van der Waals surface area contributed by atoms with Crippen LogP contribution in [0.15, 0.2) is 24.3 Å². The molecule has 0 aliphatic heterocycles. The molecule has 1 saturated carbocycles. The zero-order chi connectivity index (χ0) is 9.31. The lowest BCUT2D eigenvalue weighted by Gasteiger charge is -2.13. The Bertz CT molecular complexity index is 282. The normalized spacial score (nSPS) is 18.6. The third-order valence-electron chi connectivity index (χ3n) is 3.04. The second kappa shape index (κ2) is 3.13. The molecule has 0 unspecified atom stereocenters. The molecule has 13 heavy (non-hydrogen) atoms. The zero-order valence-electron chi connectivity index (χ0n) is 8.02. The van der Waals surface area contributed by atoms with Gasteiger partial charge in [0, 0.05) is 0 Å². The van der Waals surface area contributed by atoms with Crippen LogP contribution in [0.5, 0.6) is 0 Å². The highest BCUT2D eigenvalue weighted by Crippen LogP contribution is 2.51. The van der Waals surface area contributed by atoms with Gasteiger partial charge in [-0.3, -0.25) is 0 Å². The lowest BCUT2D eigenvalue weighted by Crippen LogP contribution is -2.05. The van der Waals surface area contributed by atoms with Gasteiger partial charge in [0.25, 0.3) is 0 Å². The fourth-order valence-electron chi connectivity index (χ4n) is 2.12. The Morgan fingerprint density at radius 1 is 1.23 bits per heavy atom. The van der Waals surface area contributed by atoms with Crippen molar-refractivity contribution in [2.24, 2.45) is 0 Å². The lowest BCUT2D eigenvalue weighted by atomic mass is 9.91. The highest BCUT2D eigenvalue weighted by Gasteiger charge is 2.42. The van der Waals surface area contributed by atoms with Crippen LogP contribution in [0.3, 0.4) is 0 Å². The maximum Gasteiger partial charge on any atom is 0.123 e. The van der Waals surface area contributed by atoms with Crippen LogP contribution in [-0.2, 0) is 5.41 Å². The van der Waals surface area contributed by atoms with Gasteiger partial charge in [0.1, 0.15) is 5.82 Å². The average Bonchev–Trinajstić information content (AvgIpc) is 2.87. The first-order valence-corrected chi connectivity index (χ1v) is 5.03. The van der Waals surface area contributed by atoms with Crippen LogP contribution in [-0.4, -0.2) is 0 Å². The summed E-state index contributed by atoms with van der Waals surface area (Å²) < 4.78 is 12.7. The minimum Gasteiger partial charge on any atom is -0.207 e. The van der Waals surface area contributed by atoms with E-state index in [-0.39, 0.29) is 5.82 Å². The summed E-state index contributed by atoms with van der Waals surface area (Å²) in [5, 5.41) is 0. The predicted molar refractivity (Wildman–Crippen MR) is 52.2 cm³/mol. The van der Waals surface area contributed by atoms with Gasteiger partial charge in [-0.2, -0.15) is 0 Å². The Hall–Kier alpha value is -0.850. The van der Waals surface area contributed by atoms with E-state index in [1.165, 1.54) is 31.2 Å². The van der Waals surface area contributed by atoms with Gasteiger partial charge < -0.3 is 0 Å². The van der Waals surface area contributed by atoms with E-state index in [4.69, 9.17) is 0 Å². The van der Waals surface area contributed by atoms with Crippen LogP contribution in [0.1, 0.15) is 38.2 Å². The number of rotatable bonds is 3. The van der Waals surface area contributed by atoms with Crippen molar-refractivity contribution >= 4 is 0 Å². The first-order chi connectivity index (χ1) is 6.27. The van der Waals surface area contributed by atoms with E-state index in [2.05, 4.69) is 6.92 Å². The highest BCUT2D eigenvalue weighted by molar-refractivity contribution is 5.31. The van der Waals surface area contributed by atoms with Crippen molar-refractivity contribution in [2.75, 3.05) is 0 Å². The molecule has 0 spiro atoms. The predicted octanol–water partition coefficient (Wildman–Crippen LogP) is 3.66. The molecule has 0 radical (unpaired) electrons. The molecule has 0 atom stereocenters. The van der Waals surface area contributed by atoms with Crippen LogP contribution >= 0.6 is 0 Å². The molecule has 1 aliphatic carbocycles. The first-order valence-electron chi connectivity index (χ1n) is 5.03. The van der Waals surface area contributed by atoms with E-state index in [1.54, 1.807) is 12.1 Å². The van der Waals surface area contributed by atoms with E-state index in [0.717, 1.165) is 0 Å². The molecule has 0 heterocycles. The van der Waals surface area contributed by atoms with Crippen LogP contribution in [0.2, 0.25) is 0 Å². The lowest BCUT2D eigenvalue weighted by molar-refractivity contribution is 0.598. The summed E-state index contributed by atoms with van der Waals surface area (Å²) in [6, 6.07) is 7.03. The van der Waals surface area contributed by atoms with E-state index < -0.39 is 0 Å². The maximum atomic E-state index is 12.7. The van der Waals surface area contributed by atoms with Gasteiger partial charge in [-0.05, 0) is 42.4 Å². The molecule has 70 valence electrons. The van der Waals surface area contributed by atoms with Gasteiger partial charge in [-0.1, -0.05) is 25.5 Å². The third kappa shape index (κ3) is 1.60. The zero-order valence-corrected chi connectivity index (χ0v) is 8.02. The van der Waals surface area contributed by atoms with E-state index in [0.29, 0.717) is 5.41 Å². The van der Waals surface area contributed by atoms with Gasteiger partial charge in [-0.15, -0.1) is 0 Å². The summed E-state index contributed by atoms with van der Waals surface area (Å²) in [5.74, 6) is -0.129. The van der Waals surface area contributed by atoms with Gasteiger partial charge >= 0.3 is 0 Å². The Balaban J connectivity index is 2.20.